The Balaban J connectivity index is 2.10. The first kappa shape index (κ1) is 12.3. The summed E-state index contributed by atoms with van der Waals surface area (Å²) in [4.78, 5) is 0. The average Bonchev–Trinajstić information content (AvgIpc) is 2.11. The van der Waals surface area contributed by atoms with Crippen LogP contribution in [-0.4, -0.2) is 30.8 Å². The first-order valence-electron chi connectivity index (χ1n) is 5.55. The van der Waals surface area contributed by atoms with Crippen LogP contribution >= 0.6 is 11.6 Å². The van der Waals surface area contributed by atoms with Crippen LogP contribution in [0.15, 0.2) is 0 Å². The van der Waals surface area contributed by atoms with Crippen molar-refractivity contribution in [3.05, 3.63) is 0 Å². The number of hydrogen-bond donors (Lipinski definition) is 0. The minimum absolute atomic E-state index is 0.344. The van der Waals surface area contributed by atoms with E-state index in [1.807, 2.05) is 0 Å². The summed E-state index contributed by atoms with van der Waals surface area (Å²) in [7, 11) is 0. The summed E-state index contributed by atoms with van der Waals surface area (Å²) in [6.07, 6.45) is 5.27. The summed E-state index contributed by atoms with van der Waals surface area (Å²) in [5, 5.41) is 0. The molecule has 1 aliphatic heterocycles. The number of ether oxygens (including phenoxy) is 2. The predicted molar refractivity (Wildman–Crippen MR) is 58.9 cm³/mol. The molecule has 2 nitrogen and oxygen atoms in total. The van der Waals surface area contributed by atoms with Crippen molar-refractivity contribution < 1.29 is 9.47 Å². The van der Waals surface area contributed by atoms with E-state index in [0.717, 1.165) is 38.2 Å². The van der Waals surface area contributed by atoms with E-state index in [2.05, 4.69) is 13.8 Å². The van der Waals surface area contributed by atoms with Gasteiger partial charge in [-0.05, 0) is 39.5 Å². The molecular weight excluding hydrogens is 200 g/mol. The highest BCUT2D eigenvalue weighted by atomic mass is 35.5. The number of halogens is 1. The Bertz CT molecular complexity index is 142. The molecule has 14 heavy (non-hydrogen) atoms. The molecule has 0 radical (unpaired) electrons. The summed E-state index contributed by atoms with van der Waals surface area (Å²) >= 11 is 5.59. The molecule has 1 saturated heterocycles. The lowest BCUT2D eigenvalue weighted by Crippen LogP contribution is -2.34. The van der Waals surface area contributed by atoms with E-state index in [1.165, 1.54) is 0 Å². The van der Waals surface area contributed by atoms with Crippen LogP contribution in [0.1, 0.15) is 39.5 Å². The summed E-state index contributed by atoms with van der Waals surface area (Å²) in [6.45, 7) is 5.08. The molecule has 1 heterocycles. The molecule has 0 aromatic carbocycles. The Hall–Kier alpha value is 0.210. The maximum Gasteiger partial charge on any atom is 0.0624 e. The third kappa shape index (κ3) is 4.63. The van der Waals surface area contributed by atoms with Gasteiger partial charge in [0.1, 0.15) is 0 Å². The predicted octanol–water partition coefficient (Wildman–Crippen LogP) is 2.98. The lowest BCUT2D eigenvalue weighted by atomic mass is 10.0. The Morgan fingerprint density at radius 1 is 1.21 bits per heavy atom. The van der Waals surface area contributed by atoms with E-state index in [9.17, 15) is 0 Å². The maximum atomic E-state index is 5.79. The standard InChI is InChI=1S/C11H21ClO2/c1-9-7-11(8-10(2)14-9)13-6-4-3-5-12/h9-11H,3-8H2,1-2H3. The summed E-state index contributed by atoms with van der Waals surface area (Å²) in [6, 6.07) is 0. The summed E-state index contributed by atoms with van der Waals surface area (Å²) in [5.74, 6) is 0.740. The second kappa shape index (κ2) is 6.65. The molecule has 0 aromatic rings. The van der Waals surface area contributed by atoms with Gasteiger partial charge < -0.3 is 9.47 Å². The molecule has 2 unspecified atom stereocenters. The molecule has 2 atom stereocenters. The fraction of sp³-hybridized carbons (Fsp3) is 1.00. The normalized spacial score (nSPS) is 33.2. The Kier molecular flexibility index (Phi) is 5.83. The minimum atomic E-state index is 0.344. The summed E-state index contributed by atoms with van der Waals surface area (Å²) < 4.78 is 11.4. The second-order valence-corrected chi connectivity index (χ2v) is 4.50. The molecule has 0 amide bonds. The molecule has 1 aliphatic rings. The molecule has 1 rings (SSSR count). The van der Waals surface area contributed by atoms with Gasteiger partial charge in [-0.1, -0.05) is 0 Å². The van der Waals surface area contributed by atoms with Gasteiger partial charge in [-0.25, -0.2) is 0 Å². The molecule has 0 bridgehead atoms. The molecule has 0 spiro atoms. The Labute approximate surface area is 91.9 Å². The van der Waals surface area contributed by atoms with Gasteiger partial charge >= 0.3 is 0 Å². The van der Waals surface area contributed by atoms with Crippen LogP contribution in [0.5, 0.6) is 0 Å². The lowest BCUT2D eigenvalue weighted by molar-refractivity contribution is -0.102. The smallest absolute Gasteiger partial charge is 0.0624 e. The van der Waals surface area contributed by atoms with Crippen molar-refractivity contribution in [3.8, 4) is 0 Å². The van der Waals surface area contributed by atoms with Crippen LogP contribution in [0.2, 0.25) is 0 Å². The zero-order chi connectivity index (χ0) is 10.4. The van der Waals surface area contributed by atoms with Crippen molar-refractivity contribution in [1.82, 2.24) is 0 Å². The SMILES string of the molecule is CC1CC(OCCCCCl)CC(C)O1. The van der Waals surface area contributed by atoms with Crippen molar-refractivity contribution >= 4 is 11.6 Å². The van der Waals surface area contributed by atoms with Crippen LogP contribution in [0.25, 0.3) is 0 Å². The number of hydrogen-bond acceptors (Lipinski definition) is 2. The van der Waals surface area contributed by atoms with Gasteiger partial charge in [0.15, 0.2) is 0 Å². The fourth-order valence-electron chi connectivity index (χ4n) is 1.93. The van der Waals surface area contributed by atoms with Gasteiger partial charge in [0.05, 0.1) is 18.3 Å². The highest BCUT2D eigenvalue weighted by Gasteiger charge is 2.24. The maximum absolute atomic E-state index is 5.79. The van der Waals surface area contributed by atoms with Crippen molar-refractivity contribution in [2.75, 3.05) is 12.5 Å². The van der Waals surface area contributed by atoms with Gasteiger partial charge in [0.2, 0.25) is 0 Å². The van der Waals surface area contributed by atoms with E-state index in [4.69, 9.17) is 21.1 Å². The van der Waals surface area contributed by atoms with Crippen LogP contribution in [0, 0.1) is 0 Å². The zero-order valence-corrected chi connectivity index (χ0v) is 9.93. The van der Waals surface area contributed by atoms with E-state index in [1.54, 1.807) is 0 Å². The monoisotopic (exact) mass is 220 g/mol. The zero-order valence-electron chi connectivity index (χ0n) is 9.17. The van der Waals surface area contributed by atoms with Crippen molar-refractivity contribution in [2.45, 2.75) is 57.8 Å². The van der Waals surface area contributed by atoms with E-state index >= 15 is 0 Å². The van der Waals surface area contributed by atoms with E-state index in [0.29, 0.717) is 18.3 Å². The molecule has 0 aliphatic carbocycles. The third-order valence-corrected chi connectivity index (χ3v) is 2.80. The highest BCUT2D eigenvalue weighted by Crippen LogP contribution is 2.21. The topological polar surface area (TPSA) is 18.5 Å². The molecule has 3 heteroatoms. The van der Waals surface area contributed by atoms with Crippen LogP contribution in [0.3, 0.4) is 0 Å². The largest absolute Gasteiger partial charge is 0.378 e. The van der Waals surface area contributed by atoms with Crippen molar-refractivity contribution in [2.24, 2.45) is 0 Å². The number of unbranched alkanes of at least 4 members (excludes halogenated alkanes) is 1. The van der Waals surface area contributed by atoms with Gasteiger partial charge in [-0.2, -0.15) is 0 Å². The first-order chi connectivity index (χ1) is 6.72. The molecular formula is C11H21ClO2. The van der Waals surface area contributed by atoms with Crippen molar-refractivity contribution in [3.63, 3.8) is 0 Å². The molecule has 1 fully saturated rings. The van der Waals surface area contributed by atoms with Gasteiger partial charge in [0.25, 0.3) is 0 Å². The Morgan fingerprint density at radius 3 is 2.43 bits per heavy atom. The average molecular weight is 221 g/mol. The van der Waals surface area contributed by atoms with Crippen LogP contribution in [0.4, 0.5) is 0 Å². The van der Waals surface area contributed by atoms with Crippen LogP contribution < -0.4 is 0 Å². The van der Waals surface area contributed by atoms with Gasteiger partial charge in [-0.3, -0.25) is 0 Å². The van der Waals surface area contributed by atoms with Gasteiger partial charge in [-0.15, -0.1) is 11.6 Å². The first-order valence-corrected chi connectivity index (χ1v) is 6.09. The minimum Gasteiger partial charge on any atom is -0.378 e. The van der Waals surface area contributed by atoms with E-state index < -0.39 is 0 Å². The summed E-state index contributed by atoms with van der Waals surface area (Å²) in [5.41, 5.74) is 0. The quantitative estimate of drug-likeness (QED) is 0.524. The number of alkyl halides is 1. The Morgan fingerprint density at radius 2 is 1.86 bits per heavy atom. The molecule has 0 N–H and O–H groups in total. The molecule has 0 saturated carbocycles. The number of rotatable bonds is 5. The fourth-order valence-corrected chi connectivity index (χ4v) is 2.12. The third-order valence-electron chi connectivity index (χ3n) is 2.54. The van der Waals surface area contributed by atoms with Crippen LogP contribution in [-0.2, 0) is 9.47 Å². The molecule has 84 valence electrons. The van der Waals surface area contributed by atoms with E-state index in [-0.39, 0.29) is 0 Å². The molecule has 0 aromatic heterocycles. The van der Waals surface area contributed by atoms with Crippen molar-refractivity contribution in [1.29, 1.82) is 0 Å². The second-order valence-electron chi connectivity index (χ2n) is 4.12. The van der Waals surface area contributed by atoms with Gasteiger partial charge in [0, 0.05) is 12.5 Å². The highest BCUT2D eigenvalue weighted by molar-refractivity contribution is 6.17. The lowest BCUT2D eigenvalue weighted by Gasteiger charge is -2.31.